The van der Waals surface area contributed by atoms with E-state index in [4.69, 9.17) is 5.73 Å². The van der Waals surface area contributed by atoms with Gasteiger partial charge in [0, 0.05) is 38.4 Å². The summed E-state index contributed by atoms with van der Waals surface area (Å²) in [6.07, 6.45) is 1.91. The number of hydrogen-bond acceptors (Lipinski definition) is 4. The summed E-state index contributed by atoms with van der Waals surface area (Å²) in [7, 11) is 0. The van der Waals surface area contributed by atoms with E-state index >= 15 is 0 Å². The predicted molar refractivity (Wildman–Crippen MR) is 103 cm³/mol. The number of primary amides is 1. The van der Waals surface area contributed by atoms with Gasteiger partial charge in [0.1, 0.15) is 0 Å². The number of hydrogen-bond donors (Lipinski definition) is 1. The molecule has 2 N–H and O–H groups in total. The van der Waals surface area contributed by atoms with E-state index in [2.05, 4.69) is 28.9 Å². The molecule has 3 rings (SSSR count). The van der Waals surface area contributed by atoms with Crippen molar-refractivity contribution in [1.82, 2.24) is 9.80 Å². The minimum atomic E-state index is -0.642. The zero-order valence-electron chi connectivity index (χ0n) is 16.1. The minimum Gasteiger partial charge on any atom is -0.368 e. The van der Waals surface area contributed by atoms with Gasteiger partial charge in [-0.05, 0) is 45.7 Å². The average molecular weight is 358 g/mol. The molecule has 1 aromatic carbocycles. The van der Waals surface area contributed by atoms with Crippen LogP contribution in [0.1, 0.15) is 32.3 Å². The Bertz CT molecular complexity index is 663. The lowest BCUT2D eigenvalue weighted by molar-refractivity contribution is -0.132. The summed E-state index contributed by atoms with van der Waals surface area (Å²) in [6.45, 7) is 9.66. The third-order valence-electron chi connectivity index (χ3n) is 5.90. The Kier molecular flexibility index (Phi) is 5.34. The van der Waals surface area contributed by atoms with Gasteiger partial charge < -0.3 is 10.6 Å². The van der Waals surface area contributed by atoms with E-state index in [1.165, 1.54) is 5.56 Å². The lowest BCUT2D eigenvalue weighted by atomic mass is 9.98. The third kappa shape index (κ3) is 3.62. The van der Waals surface area contributed by atoms with E-state index in [1.54, 1.807) is 0 Å². The van der Waals surface area contributed by atoms with Crippen LogP contribution in [0.4, 0.5) is 5.69 Å². The van der Waals surface area contributed by atoms with E-state index in [1.807, 2.05) is 30.9 Å². The van der Waals surface area contributed by atoms with Crippen molar-refractivity contribution >= 4 is 17.5 Å². The zero-order valence-corrected chi connectivity index (χ0v) is 16.1. The van der Waals surface area contributed by atoms with Gasteiger partial charge in [-0.15, -0.1) is 0 Å². The average Bonchev–Trinajstić information content (AvgIpc) is 2.63. The minimum absolute atomic E-state index is 0.0658. The molecule has 6 nitrogen and oxygen atoms in total. The topological polar surface area (TPSA) is 69.9 Å². The van der Waals surface area contributed by atoms with Crippen LogP contribution in [0.25, 0.3) is 0 Å². The number of benzene rings is 1. The van der Waals surface area contributed by atoms with Crippen LogP contribution in [0.2, 0.25) is 0 Å². The Morgan fingerprint density at radius 3 is 2.27 bits per heavy atom. The lowest BCUT2D eigenvalue weighted by Crippen LogP contribution is -2.63. The number of carbonyl (C=O) groups is 2. The molecule has 0 radical (unpaired) electrons. The largest absolute Gasteiger partial charge is 0.368 e. The van der Waals surface area contributed by atoms with Gasteiger partial charge in [-0.3, -0.25) is 19.4 Å². The summed E-state index contributed by atoms with van der Waals surface area (Å²) in [4.78, 5) is 31.1. The molecule has 142 valence electrons. The van der Waals surface area contributed by atoms with Crippen LogP contribution in [-0.4, -0.2) is 65.9 Å². The fourth-order valence-electron chi connectivity index (χ4n) is 3.92. The summed E-state index contributed by atoms with van der Waals surface area (Å²) in [5.41, 5.74) is 7.08. The first-order valence-electron chi connectivity index (χ1n) is 9.48. The quantitative estimate of drug-likeness (QED) is 0.883. The first-order chi connectivity index (χ1) is 12.3. The Morgan fingerprint density at radius 2 is 1.69 bits per heavy atom. The van der Waals surface area contributed by atoms with E-state index in [0.29, 0.717) is 0 Å². The highest BCUT2D eigenvalue weighted by atomic mass is 16.2. The smallest absolute Gasteiger partial charge is 0.244 e. The molecule has 0 aliphatic carbocycles. The standard InChI is InChI=1S/C20H30N4O2/c1-15-6-8-16(9-7-15)24-10-4-5-17(18(24)25)22-11-13-23(14-12-22)20(2,3)19(21)26/h6-9,17H,4-5,10-14H2,1-3H3,(H2,21,26)/t17-/m1/s1. The molecule has 1 atom stereocenters. The summed E-state index contributed by atoms with van der Waals surface area (Å²) >= 11 is 0. The SMILES string of the molecule is Cc1ccc(N2CCC[C@@H](N3CCN(C(C)(C)C(N)=O)CC3)C2=O)cc1. The first kappa shape index (κ1) is 18.9. The second kappa shape index (κ2) is 7.37. The van der Waals surface area contributed by atoms with Crippen molar-refractivity contribution in [2.24, 2.45) is 5.73 Å². The number of amides is 2. The van der Waals surface area contributed by atoms with Gasteiger partial charge in [0.15, 0.2) is 0 Å². The number of aryl methyl sites for hydroxylation is 1. The molecule has 1 aromatic rings. The maximum atomic E-state index is 13.1. The monoisotopic (exact) mass is 358 g/mol. The van der Waals surface area contributed by atoms with Gasteiger partial charge in [0.2, 0.25) is 11.8 Å². The Balaban J connectivity index is 1.66. The molecule has 2 fully saturated rings. The fraction of sp³-hybridized carbons (Fsp3) is 0.600. The number of nitrogens with zero attached hydrogens (tertiary/aromatic N) is 3. The molecule has 6 heteroatoms. The molecule has 0 aromatic heterocycles. The van der Waals surface area contributed by atoms with Crippen LogP contribution in [0.3, 0.4) is 0 Å². The van der Waals surface area contributed by atoms with Crippen molar-refractivity contribution in [3.05, 3.63) is 29.8 Å². The van der Waals surface area contributed by atoms with Crippen LogP contribution in [0.15, 0.2) is 24.3 Å². The molecule has 2 aliphatic heterocycles. The predicted octanol–water partition coefficient (Wildman–Crippen LogP) is 1.37. The van der Waals surface area contributed by atoms with E-state index in [9.17, 15) is 9.59 Å². The molecule has 2 amide bonds. The van der Waals surface area contributed by atoms with Crippen LogP contribution in [-0.2, 0) is 9.59 Å². The van der Waals surface area contributed by atoms with Crippen molar-refractivity contribution in [2.75, 3.05) is 37.6 Å². The molecule has 0 bridgehead atoms. The van der Waals surface area contributed by atoms with E-state index in [-0.39, 0.29) is 17.9 Å². The number of nitrogens with two attached hydrogens (primary N) is 1. The normalized spacial score (nSPS) is 23.3. The van der Waals surface area contributed by atoms with Gasteiger partial charge in [0.05, 0.1) is 11.6 Å². The lowest BCUT2D eigenvalue weighted by Gasteiger charge is -2.46. The van der Waals surface area contributed by atoms with Crippen molar-refractivity contribution in [2.45, 2.75) is 45.2 Å². The summed E-state index contributed by atoms with van der Waals surface area (Å²) < 4.78 is 0. The van der Waals surface area contributed by atoms with Crippen molar-refractivity contribution in [3.63, 3.8) is 0 Å². The number of carbonyl (C=O) groups excluding carboxylic acids is 2. The number of anilines is 1. The highest BCUT2D eigenvalue weighted by Crippen LogP contribution is 2.26. The second-order valence-corrected chi connectivity index (χ2v) is 7.93. The maximum absolute atomic E-state index is 13.1. The van der Waals surface area contributed by atoms with Gasteiger partial charge in [-0.2, -0.15) is 0 Å². The van der Waals surface area contributed by atoms with Crippen molar-refractivity contribution in [3.8, 4) is 0 Å². The van der Waals surface area contributed by atoms with E-state index in [0.717, 1.165) is 51.3 Å². The van der Waals surface area contributed by atoms with Crippen LogP contribution in [0.5, 0.6) is 0 Å². The molecule has 0 spiro atoms. The Hall–Kier alpha value is -1.92. The zero-order chi connectivity index (χ0) is 18.9. The number of piperidine rings is 1. The number of rotatable bonds is 4. The molecular formula is C20H30N4O2. The molecule has 2 heterocycles. The highest BCUT2D eigenvalue weighted by Gasteiger charge is 2.39. The molecule has 2 saturated heterocycles. The van der Waals surface area contributed by atoms with E-state index < -0.39 is 5.54 Å². The maximum Gasteiger partial charge on any atom is 0.244 e. The Labute approximate surface area is 155 Å². The van der Waals surface area contributed by atoms with Crippen LogP contribution < -0.4 is 10.6 Å². The molecule has 0 saturated carbocycles. The molecule has 2 aliphatic rings. The second-order valence-electron chi connectivity index (χ2n) is 7.93. The first-order valence-corrected chi connectivity index (χ1v) is 9.48. The van der Waals surface area contributed by atoms with Gasteiger partial charge in [-0.1, -0.05) is 17.7 Å². The molecule has 0 unspecified atom stereocenters. The van der Waals surface area contributed by atoms with Crippen molar-refractivity contribution < 1.29 is 9.59 Å². The summed E-state index contributed by atoms with van der Waals surface area (Å²) in [6, 6.07) is 8.10. The summed E-state index contributed by atoms with van der Waals surface area (Å²) in [5, 5.41) is 0. The highest BCUT2D eigenvalue weighted by molar-refractivity contribution is 5.98. The van der Waals surface area contributed by atoms with Gasteiger partial charge in [-0.25, -0.2) is 0 Å². The van der Waals surface area contributed by atoms with Gasteiger partial charge in [0.25, 0.3) is 0 Å². The Morgan fingerprint density at radius 1 is 1.08 bits per heavy atom. The fourth-order valence-corrected chi connectivity index (χ4v) is 3.92. The van der Waals surface area contributed by atoms with Crippen LogP contribution in [0, 0.1) is 6.92 Å². The third-order valence-corrected chi connectivity index (χ3v) is 5.90. The summed E-state index contributed by atoms with van der Waals surface area (Å²) in [5.74, 6) is -0.104. The number of piperazine rings is 1. The van der Waals surface area contributed by atoms with Crippen molar-refractivity contribution in [1.29, 1.82) is 0 Å². The molecule has 26 heavy (non-hydrogen) atoms. The van der Waals surface area contributed by atoms with Crippen LogP contribution >= 0.6 is 0 Å². The van der Waals surface area contributed by atoms with Gasteiger partial charge >= 0.3 is 0 Å². The molecular weight excluding hydrogens is 328 g/mol.